The topological polar surface area (TPSA) is 92.2 Å². The van der Waals surface area contributed by atoms with Crippen LogP contribution in [0.2, 0.25) is 0 Å². The second kappa shape index (κ2) is 7.67. The van der Waals surface area contributed by atoms with Crippen molar-refractivity contribution in [2.75, 3.05) is 10.6 Å². The molecule has 2 aliphatic rings. The number of hydrogen-bond acceptors (Lipinski definition) is 6. The molecule has 0 spiro atoms. The summed E-state index contributed by atoms with van der Waals surface area (Å²) in [4.78, 5) is 30.1. The minimum atomic E-state index is -0.146. The molecule has 3 heterocycles. The highest BCUT2D eigenvalue weighted by atomic mass is 16.1. The third-order valence-electron chi connectivity index (χ3n) is 5.41. The average molecular weight is 398 g/mol. The molecule has 1 atom stereocenters. The smallest absolute Gasteiger partial charge is 0.257 e. The zero-order valence-electron chi connectivity index (χ0n) is 16.7. The van der Waals surface area contributed by atoms with Crippen LogP contribution in [0.25, 0.3) is 0 Å². The second-order valence-electron chi connectivity index (χ2n) is 7.78. The van der Waals surface area contributed by atoms with E-state index in [4.69, 9.17) is 0 Å². The summed E-state index contributed by atoms with van der Waals surface area (Å²) in [5.74, 6) is 1.13. The predicted octanol–water partition coefficient (Wildman–Crippen LogP) is 4.11. The number of anilines is 2. The van der Waals surface area contributed by atoms with Crippen molar-refractivity contribution in [1.29, 1.82) is 0 Å². The molecular formula is C23H22N6O. The molecule has 1 aromatic carbocycles. The summed E-state index contributed by atoms with van der Waals surface area (Å²) in [5.41, 5.74) is 5.24. The Kier molecular flexibility index (Phi) is 4.71. The summed E-state index contributed by atoms with van der Waals surface area (Å²) in [6.45, 7) is 2.62. The largest absolute Gasteiger partial charge is 0.362 e. The number of amides is 1. The van der Waals surface area contributed by atoms with E-state index in [1.54, 1.807) is 18.6 Å². The van der Waals surface area contributed by atoms with Gasteiger partial charge in [-0.3, -0.25) is 14.8 Å². The van der Waals surface area contributed by atoms with Crippen LogP contribution in [0.5, 0.6) is 0 Å². The van der Waals surface area contributed by atoms with E-state index in [1.807, 2.05) is 36.5 Å². The van der Waals surface area contributed by atoms with Gasteiger partial charge in [-0.25, -0.2) is 9.97 Å². The van der Waals surface area contributed by atoms with E-state index in [2.05, 4.69) is 37.5 Å². The molecule has 0 bridgehead atoms. The van der Waals surface area contributed by atoms with Crippen LogP contribution in [0.3, 0.4) is 0 Å². The fourth-order valence-electron chi connectivity index (χ4n) is 3.57. The molecule has 3 aromatic rings. The Labute approximate surface area is 174 Å². The maximum Gasteiger partial charge on any atom is 0.257 e. The van der Waals surface area contributed by atoms with Gasteiger partial charge in [0.05, 0.1) is 30.0 Å². The monoisotopic (exact) mass is 398 g/mol. The van der Waals surface area contributed by atoms with E-state index >= 15 is 0 Å². The number of aromatic nitrogens is 3. The van der Waals surface area contributed by atoms with E-state index in [0.717, 1.165) is 28.2 Å². The number of benzene rings is 1. The molecule has 5 rings (SSSR count). The maximum absolute atomic E-state index is 12.7. The fourth-order valence-corrected chi connectivity index (χ4v) is 3.57. The number of carbonyl (C=O) groups is 1. The highest BCUT2D eigenvalue weighted by Gasteiger charge is 2.24. The number of aliphatic imine (C=N–C) groups is 1. The standard InChI is InChI=1S/C23H22N6O/c1-14(27-22-13-26-20-11-25-12-21(20)29-22)16-3-2-4-19(8-16)28-23(30)18-7-17(9-24-10-18)15-5-6-15/h2-4,7-11,13-15H,5-6,12H2,1H3,(H,27,29)(H,28,30)/t14-/m0/s1. The minimum absolute atomic E-state index is 0.00335. The second-order valence-corrected chi connectivity index (χ2v) is 7.78. The number of nitrogens with one attached hydrogen (secondary N) is 2. The average Bonchev–Trinajstić information content (AvgIpc) is 3.52. The van der Waals surface area contributed by atoms with E-state index in [0.29, 0.717) is 23.8 Å². The quantitative estimate of drug-likeness (QED) is 0.652. The van der Waals surface area contributed by atoms with Gasteiger partial charge in [0.15, 0.2) is 0 Å². The third kappa shape index (κ3) is 3.91. The summed E-state index contributed by atoms with van der Waals surface area (Å²) in [5, 5.41) is 6.36. The number of pyridine rings is 1. The van der Waals surface area contributed by atoms with Crippen LogP contribution in [-0.2, 0) is 6.54 Å². The van der Waals surface area contributed by atoms with Gasteiger partial charge in [-0.1, -0.05) is 12.1 Å². The Morgan fingerprint density at radius 1 is 1.17 bits per heavy atom. The van der Waals surface area contributed by atoms with E-state index < -0.39 is 0 Å². The van der Waals surface area contributed by atoms with Crippen LogP contribution >= 0.6 is 0 Å². The first kappa shape index (κ1) is 18.4. The van der Waals surface area contributed by atoms with Crippen LogP contribution < -0.4 is 10.6 Å². The highest BCUT2D eigenvalue weighted by Crippen LogP contribution is 2.39. The lowest BCUT2D eigenvalue weighted by Gasteiger charge is -2.16. The minimum Gasteiger partial charge on any atom is -0.362 e. The normalized spacial score (nSPS) is 15.5. The van der Waals surface area contributed by atoms with Gasteiger partial charge in [-0.15, -0.1) is 0 Å². The number of rotatable bonds is 6. The Bertz CT molecular complexity index is 1140. The molecule has 150 valence electrons. The summed E-state index contributed by atoms with van der Waals surface area (Å²) in [6, 6.07) is 9.76. The van der Waals surface area contributed by atoms with Crippen LogP contribution in [0, 0.1) is 0 Å². The Morgan fingerprint density at radius 3 is 2.93 bits per heavy atom. The number of nitrogens with zero attached hydrogens (tertiary/aromatic N) is 4. The number of carbonyl (C=O) groups excluding carboxylic acids is 1. The van der Waals surface area contributed by atoms with Gasteiger partial charge in [0.25, 0.3) is 5.91 Å². The molecule has 30 heavy (non-hydrogen) atoms. The van der Waals surface area contributed by atoms with E-state index in [1.165, 1.54) is 12.8 Å². The molecule has 7 nitrogen and oxygen atoms in total. The highest BCUT2D eigenvalue weighted by molar-refractivity contribution is 6.04. The lowest BCUT2D eigenvalue weighted by atomic mass is 10.1. The summed E-state index contributed by atoms with van der Waals surface area (Å²) in [7, 11) is 0. The SMILES string of the molecule is C[C@H](Nc1cnc2c(n1)CN=C2)c1cccc(NC(=O)c2cncc(C3CC3)c2)c1. The fraction of sp³-hybridized carbons (Fsp3) is 0.261. The van der Waals surface area contributed by atoms with Gasteiger partial charge in [-0.2, -0.15) is 0 Å². The summed E-state index contributed by atoms with van der Waals surface area (Å²) >= 11 is 0. The first-order valence-corrected chi connectivity index (χ1v) is 10.1. The zero-order chi connectivity index (χ0) is 20.5. The molecule has 1 aliphatic heterocycles. The maximum atomic E-state index is 12.7. The molecule has 2 aromatic heterocycles. The van der Waals surface area contributed by atoms with Gasteiger partial charge in [0.1, 0.15) is 11.5 Å². The summed E-state index contributed by atoms with van der Waals surface area (Å²) < 4.78 is 0. The van der Waals surface area contributed by atoms with Crippen molar-refractivity contribution < 1.29 is 4.79 Å². The van der Waals surface area contributed by atoms with Gasteiger partial charge >= 0.3 is 0 Å². The van der Waals surface area contributed by atoms with Crippen molar-refractivity contribution in [2.45, 2.75) is 38.3 Å². The molecular weight excluding hydrogens is 376 g/mol. The van der Waals surface area contributed by atoms with Gasteiger partial charge < -0.3 is 10.6 Å². The van der Waals surface area contributed by atoms with Crippen molar-refractivity contribution in [2.24, 2.45) is 4.99 Å². The Balaban J connectivity index is 1.27. The Morgan fingerprint density at radius 2 is 2.07 bits per heavy atom. The number of fused-ring (bicyclic) bond motifs is 1. The number of hydrogen-bond donors (Lipinski definition) is 2. The van der Waals surface area contributed by atoms with Gasteiger partial charge in [0, 0.05) is 24.3 Å². The van der Waals surface area contributed by atoms with Crippen molar-refractivity contribution >= 4 is 23.6 Å². The van der Waals surface area contributed by atoms with E-state index in [-0.39, 0.29) is 11.9 Å². The Hall–Kier alpha value is -3.61. The van der Waals surface area contributed by atoms with Gasteiger partial charge in [-0.05, 0) is 55.0 Å². The molecule has 2 N–H and O–H groups in total. The summed E-state index contributed by atoms with van der Waals surface area (Å²) in [6.07, 6.45) is 9.31. The van der Waals surface area contributed by atoms with Crippen LogP contribution in [0.15, 0.2) is 53.9 Å². The van der Waals surface area contributed by atoms with Gasteiger partial charge in [0.2, 0.25) is 0 Å². The molecule has 7 heteroatoms. The van der Waals surface area contributed by atoms with Crippen LogP contribution in [0.4, 0.5) is 11.5 Å². The first-order chi connectivity index (χ1) is 14.7. The van der Waals surface area contributed by atoms with E-state index in [9.17, 15) is 4.79 Å². The molecule has 1 aliphatic carbocycles. The third-order valence-corrected chi connectivity index (χ3v) is 5.41. The molecule has 1 saturated carbocycles. The lowest BCUT2D eigenvalue weighted by molar-refractivity contribution is 0.102. The lowest BCUT2D eigenvalue weighted by Crippen LogP contribution is -2.14. The van der Waals surface area contributed by atoms with Crippen molar-refractivity contribution in [3.63, 3.8) is 0 Å². The molecule has 0 saturated heterocycles. The molecule has 1 fully saturated rings. The van der Waals surface area contributed by atoms with Crippen molar-refractivity contribution in [3.8, 4) is 0 Å². The van der Waals surface area contributed by atoms with Crippen LogP contribution in [-0.4, -0.2) is 27.1 Å². The van der Waals surface area contributed by atoms with Crippen molar-refractivity contribution in [3.05, 3.63) is 77.0 Å². The molecule has 0 radical (unpaired) electrons. The van der Waals surface area contributed by atoms with Crippen molar-refractivity contribution in [1.82, 2.24) is 15.0 Å². The molecule has 0 unspecified atom stereocenters. The first-order valence-electron chi connectivity index (χ1n) is 10.1. The zero-order valence-corrected chi connectivity index (χ0v) is 16.7. The van der Waals surface area contributed by atoms with Crippen LogP contribution in [0.1, 0.15) is 64.6 Å². The molecule has 1 amide bonds. The predicted molar refractivity (Wildman–Crippen MR) is 116 cm³/mol.